The molecule has 2 atom stereocenters. The molecule has 0 fully saturated rings. The number of benzene rings is 1. The highest BCUT2D eigenvalue weighted by atomic mass is 16.5. The monoisotopic (exact) mass is 237 g/mol. The first kappa shape index (κ1) is 14.0. The third-order valence-electron chi connectivity index (χ3n) is 3.04. The van der Waals surface area contributed by atoms with Crippen molar-refractivity contribution in [2.75, 3.05) is 13.7 Å². The zero-order valence-electron chi connectivity index (χ0n) is 11.1. The number of aliphatic hydroxyl groups excluding tert-OH is 1. The quantitative estimate of drug-likeness (QED) is 0.843. The van der Waals surface area contributed by atoms with Gasteiger partial charge in [0.25, 0.3) is 0 Å². The van der Waals surface area contributed by atoms with Crippen LogP contribution in [-0.2, 0) is 0 Å². The van der Waals surface area contributed by atoms with E-state index in [9.17, 15) is 5.11 Å². The third-order valence-corrected chi connectivity index (χ3v) is 3.04. The van der Waals surface area contributed by atoms with E-state index in [2.05, 4.69) is 0 Å². The van der Waals surface area contributed by atoms with Gasteiger partial charge in [-0.2, -0.15) is 0 Å². The maximum Gasteiger partial charge on any atom is 0.119 e. The van der Waals surface area contributed by atoms with Gasteiger partial charge in [-0.25, -0.2) is 0 Å². The third kappa shape index (κ3) is 3.45. The molecule has 0 amide bonds. The minimum Gasteiger partial charge on any atom is -0.497 e. The Morgan fingerprint density at radius 1 is 1.35 bits per heavy atom. The smallest absolute Gasteiger partial charge is 0.119 e. The van der Waals surface area contributed by atoms with Crippen LogP contribution < -0.4 is 10.5 Å². The van der Waals surface area contributed by atoms with E-state index in [1.165, 1.54) is 0 Å². The van der Waals surface area contributed by atoms with Crippen LogP contribution in [0, 0.1) is 5.41 Å². The SMILES string of the molecule is COc1cccc(C(CN)C(O)C(C)(C)C)c1. The summed E-state index contributed by atoms with van der Waals surface area (Å²) >= 11 is 0. The average molecular weight is 237 g/mol. The number of aliphatic hydroxyl groups is 1. The fourth-order valence-corrected chi connectivity index (χ4v) is 1.92. The fraction of sp³-hybridized carbons (Fsp3) is 0.571. The molecular weight excluding hydrogens is 214 g/mol. The molecule has 0 radical (unpaired) electrons. The largest absolute Gasteiger partial charge is 0.497 e. The van der Waals surface area contributed by atoms with Gasteiger partial charge >= 0.3 is 0 Å². The molecule has 0 heterocycles. The average Bonchev–Trinajstić information content (AvgIpc) is 2.29. The molecule has 0 aromatic heterocycles. The van der Waals surface area contributed by atoms with Crippen molar-refractivity contribution in [2.45, 2.75) is 32.8 Å². The van der Waals surface area contributed by atoms with Crippen molar-refractivity contribution in [2.24, 2.45) is 11.1 Å². The molecule has 0 aliphatic heterocycles. The van der Waals surface area contributed by atoms with Crippen LogP contribution in [0.5, 0.6) is 5.75 Å². The minimum absolute atomic E-state index is 0.0647. The van der Waals surface area contributed by atoms with Crippen molar-refractivity contribution in [3.05, 3.63) is 29.8 Å². The van der Waals surface area contributed by atoms with E-state index in [0.29, 0.717) is 6.54 Å². The van der Waals surface area contributed by atoms with Crippen LogP contribution in [-0.4, -0.2) is 24.9 Å². The summed E-state index contributed by atoms with van der Waals surface area (Å²) in [4.78, 5) is 0. The van der Waals surface area contributed by atoms with E-state index in [0.717, 1.165) is 11.3 Å². The molecular formula is C14H23NO2. The van der Waals surface area contributed by atoms with E-state index in [4.69, 9.17) is 10.5 Å². The van der Waals surface area contributed by atoms with Gasteiger partial charge in [-0.3, -0.25) is 0 Å². The number of hydrogen-bond donors (Lipinski definition) is 2. The molecule has 0 aliphatic carbocycles. The fourth-order valence-electron chi connectivity index (χ4n) is 1.92. The van der Waals surface area contributed by atoms with Gasteiger partial charge in [0.05, 0.1) is 13.2 Å². The molecule has 1 aromatic carbocycles. The molecule has 0 spiro atoms. The molecule has 0 saturated carbocycles. The standard InChI is InChI=1S/C14H23NO2/c1-14(2,3)13(16)12(9-15)10-6-5-7-11(8-10)17-4/h5-8,12-13,16H,9,15H2,1-4H3. The highest BCUT2D eigenvalue weighted by molar-refractivity contribution is 5.32. The van der Waals surface area contributed by atoms with E-state index in [1.807, 2.05) is 45.0 Å². The second kappa shape index (κ2) is 5.52. The van der Waals surface area contributed by atoms with Gasteiger partial charge in [0.15, 0.2) is 0 Å². The topological polar surface area (TPSA) is 55.5 Å². The van der Waals surface area contributed by atoms with Crippen molar-refractivity contribution >= 4 is 0 Å². The Balaban J connectivity index is 3.01. The van der Waals surface area contributed by atoms with Crippen LogP contribution in [0.1, 0.15) is 32.3 Å². The minimum atomic E-state index is -0.473. The molecule has 0 aliphatic rings. The van der Waals surface area contributed by atoms with Gasteiger partial charge in [0, 0.05) is 12.5 Å². The zero-order valence-corrected chi connectivity index (χ0v) is 11.1. The summed E-state index contributed by atoms with van der Waals surface area (Å²) in [7, 11) is 1.64. The van der Waals surface area contributed by atoms with E-state index >= 15 is 0 Å². The number of methoxy groups -OCH3 is 1. The summed E-state index contributed by atoms with van der Waals surface area (Å²) in [5, 5.41) is 10.3. The molecule has 3 heteroatoms. The first-order valence-electron chi connectivity index (χ1n) is 5.92. The summed E-state index contributed by atoms with van der Waals surface area (Å²) in [6, 6.07) is 7.73. The molecule has 0 saturated heterocycles. The van der Waals surface area contributed by atoms with Crippen LogP contribution in [0.3, 0.4) is 0 Å². The Hall–Kier alpha value is -1.06. The Morgan fingerprint density at radius 2 is 2.00 bits per heavy atom. The highest BCUT2D eigenvalue weighted by Gasteiger charge is 2.30. The highest BCUT2D eigenvalue weighted by Crippen LogP contribution is 2.32. The van der Waals surface area contributed by atoms with Crippen LogP contribution in [0.4, 0.5) is 0 Å². The maximum absolute atomic E-state index is 10.3. The van der Waals surface area contributed by atoms with E-state index in [-0.39, 0.29) is 11.3 Å². The number of rotatable bonds is 4. The van der Waals surface area contributed by atoms with Gasteiger partial charge in [0.2, 0.25) is 0 Å². The first-order chi connectivity index (χ1) is 7.90. The van der Waals surface area contributed by atoms with Crippen molar-refractivity contribution in [1.29, 1.82) is 0 Å². The molecule has 96 valence electrons. The molecule has 3 N–H and O–H groups in total. The first-order valence-corrected chi connectivity index (χ1v) is 5.92. The lowest BCUT2D eigenvalue weighted by molar-refractivity contribution is 0.0407. The van der Waals surface area contributed by atoms with Crippen molar-refractivity contribution in [3.63, 3.8) is 0 Å². The summed E-state index contributed by atoms with van der Waals surface area (Å²) in [5.41, 5.74) is 6.63. The summed E-state index contributed by atoms with van der Waals surface area (Å²) < 4.78 is 5.19. The van der Waals surface area contributed by atoms with Crippen molar-refractivity contribution in [1.82, 2.24) is 0 Å². The lowest BCUT2D eigenvalue weighted by atomic mass is 9.78. The normalized spacial score (nSPS) is 15.4. The van der Waals surface area contributed by atoms with Gasteiger partial charge in [0.1, 0.15) is 5.75 Å². The van der Waals surface area contributed by atoms with Crippen molar-refractivity contribution < 1.29 is 9.84 Å². The van der Waals surface area contributed by atoms with E-state index < -0.39 is 6.10 Å². The Bertz CT molecular complexity index is 357. The van der Waals surface area contributed by atoms with Gasteiger partial charge in [-0.05, 0) is 23.1 Å². The van der Waals surface area contributed by atoms with Crippen LogP contribution >= 0.6 is 0 Å². The van der Waals surface area contributed by atoms with Crippen molar-refractivity contribution in [3.8, 4) is 5.75 Å². The molecule has 17 heavy (non-hydrogen) atoms. The van der Waals surface area contributed by atoms with Gasteiger partial charge < -0.3 is 15.6 Å². The Labute approximate surface area is 104 Å². The predicted octanol–water partition coefficient (Wildman–Crippen LogP) is 2.14. The number of hydrogen-bond acceptors (Lipinski definition) is 3. The van der Waals surface area contributed by atoms with Gasteiger partial charge in [-0.1, -0.05) is 32.9 Å². The summed E-state index contributed by atoms with van der Waals surface area (Å²) in [6.45, 7) is 6.47. The molecule has 3 nitrogen and oxygen atoms in total. The number of nitrogens with two attached hydrogens (primary N) is 1. The Kier molecular flexibility index (Phi) is 4.54. The summed E-state index contributed by atoms with van der Waals surface area (Å²) in [6.07, 6.45) is -0.473. The van der Waals surface area contributed by atoms with Crippen LogP contribution in [0.25, 0.3) is 0 Å². The molecule has 2 unspecified atom stereocenters. The lowest BCUT2D eigenvalue weighted by Crippen LogP contribution is -2.36. The molecule has 0 bridgehead atoms. The Morgan fingerprint density at radius 3 is 2.47 bits per heavy atom. The van der Waals surface area contributed by atoms with Crippen LogP contribution in [0.15, 0.2) is 24.3 Å². The van der Waals surface area contributed by atoms with Crippen LogP contribution in [0.2, 0.25) is 0 Å². The predicted molar refractivity (Wildman–Crippen MR) is 70.3 cm³/mol. The maximum atomic E-state index is 10.3. The van der Waals surface area contributed by atoms with Gasteiger partial charge in [-0.15, -0.1) is 0 Å². The molecule has 1 rings (SSSR count). The lowest BCUT2D eigenvalue weighted by Gasteiger charge is -2.32. The second-order valence-corrected chi connectivity index (χ2v) is 5.43. The van der Waals surface area contributed by atoms with E-state index in [1.54, 1.807) is 7.11 Å². The molecule has 1 aromatic rings. The summed E-state index contributed by atoms with van der Waals surface area (Å²) in [5.74, 6) is 0.729. The second-order valence-electron chi connectivity index (χ2n) is 5.43. The number of ether oxygens (including phenoxy) is 1. The zero-order chi connectivity index (χ0) is 13.1.